The van der Waals surface area contributed by atoms with Crippen LogP contribution in [0.5, 0.6) is 0 Å². The van der Waals surface area contributed by atoms with Crippen LogP contribution in [-0.4, -0.2) is 39.5 Å². The van der Waals surface area contributed by atoms with Gasteiger partial charge in [0.25, 0.3) is 0 Å². The van der Waals surface area contributed by atoms with Crippen LogP contribution in [0.4, 0.5) is 4.39 Å². The average Bonchev–Trinajstić information content (AvgIpc) is 3.35. The Morgan fingerprint density at radius 3 is 2.63 bits per heavy atom. The molecule has 1 aliphatic rings. The van der Waals surface area contributed by atoms with E-state index in [1.165, 1.54) is 23.9 Å². The Bertz CT molecular complexity index is 1150. The molecule has 30 heavy (non-hydrogen) atoms. The van der Waals surface area contributed by atoms with Gasteiger partial charge in [-0.05, 0) is 50.1 Å². The van der Waals surface area contributed by atoms with E-state index in [0.717, 1.165) is 41.4 Å². The van der Waals surface area contributed by atoms with Crippen molar-refractivity contribution in [3.63, 3.8) is 0 Å². The van der Waals surface area contributed by atoms with Gasteiger partial charge in [-0.25, -0.2) is 9.18 Å². The zero-order chi connectivity index (χ0) is 21.4. The first-order valence-corrected chi connectivity index (χ1v) is 10.8. The predicted molar refractivity (Wildman–Crippen MR) is 115 cm³/mol. The highest BCUT2D eigenvalue weighted by Gasteiger charge is 2.24. The van der Waals surface area contributed by atoms with Crippen molar-refractivity contribution in [1.82, 2.24) is 9.47 Å². The minimum Gasteiger partial charge on any atom is -0.478 e. The molecule has 3 aromatic rings. The third-order valence-corrected chi connectivity index (χ3v) is 6.87. The maximum absolute atomic E-state index is 15.0. The number of halogens is 2. The SMILES string of the molecule is Cc1c(Sc2cccc(C(=O)O)c2)c2ccc(Cl)c(F)c2n1CC(=O)N1CCCC1. The van der Waals surface area contributed by atoms with Crippen molar-refractivity contribution in [2.24, 2.45) is 0 Å². The zero-order valence-corrected chi connectivity index (χ0v) is 17.9. The Balaban J connectivity index is 1.79. The molecule has 1 fully saturated rings. The number of aromatic nitrogens is 1. The molecular weight excluding hydrogens is 427 g/mol. The van der Waals surface area contributed by atoms with Gasteiger partial charge in [-0.1, -0.05) is 29.4 Å². The number of carboxylic acids is 1. The van der Waals surface area contributed by atoms with Gasteiger partial charge < -0.3 is 14.6 Å². The lowest BCUT2D eigenvalue weighted by molar-refractivity contribution is -0.130. The van der Waals surface area contributed by atoms with E-state index in [9.17, 15) is 14.7 Å². The summed E-state index contributed by atoms with van der Waals surface area (Å²) in [5, 5.41) is 9.90. The smallest absolute Gasteiger partial charge is 0.335 e. The standard InChI is InChI=1S/C22H20ClFN2O3S/c1-13-21(30-15-6-4-5-14(11-15)22(28)29)16-7-8-17(23)19(24)20(16)26(13)12-18(27)25-9-2-3-10-25/h4-8,11H,2-3,9-10,12H2,1H3,(H,28,29). The molecule has 0 atom stereocenters. The number of aromatic carboxylic acids is 1. The number of hydrogen-bond acceptors (Lipinski definition) is 3. The molecule has 1 saturated heterocycles. The predicted octanol–water partition coefficient (Wildman–Crippen LogP) is 5.21. The van der Waals surface area contributed by atoms with Crippen LogP contribution >= 0.6 is 23.4 Å². The van der Waals surface area contributed by atoms with Crippen molar-refractivity contribution in [1.29, 1.82) is 0 Å². The summed E-state index contributed by atoms with van der Waals surface area (Å²) in [5.74, 6) is -1.61. The van der Waals surface area contributed by atoms with E-state index >= 15 is 4.39 Å². The molecule has 156 valence electrons. The molecule has 2 aromatic carbocycles. The fraction of sp³-hybridized carbons (Fsp3) is 0.273. The Morgan fingerprint density at radius 1 is 1.20 bits per heavy atom. The van der Waals surface area contributed by atoms with Gasteiger partial charge in [-0.15, -0.1) is 0 Å². The highest BCUT2D eigenvalue weighted by molar-refractivity contribution is 7.99. The molecule has 0 bridgehead atoms. The number of benzene rings is 2. The van der Waals surface area contributed by atoms with Crippen molar-refractivity contribution < 1.29 is 19.1 Å². The van der Waals surface area contributed by atoms with E-state index < -0.39 is 11.8 Å². The molecule has 2 heterocycles. The molecular formula is C22H20ClFN2O3S. The third kappa shape index (κ3) is 3.79. The van der Waals surface area contributed by atoms with Crippen molar-refractivity contribution in [3.8, 4) is 0 Å². The van der Waals surface area contributed by atoms with Crippen LogP contribution in [0.25, 0.3) is 10.9 Å². The van der Waals surface area contributed by atoms with E-state index in [1.54, 1.807) is 33.7 Å². The Morgan fingerprint density at radius 2 is 1.93 bits per heavy atom. The number of nitrogens with zero attached hydrogens (tertiary/aromatic N) is 2. The summed E-state index contributed by atoms with van der Waals surface area (Å²) in [4.78, 5) is 27.4. The average molecular weight is 447 g/mol. The van der Waals surface area contributed by atoms with Gasteiger partial charge in [-0.3, -0.25) is 4.79 Å². The lowest BCUT2D eigenvalue weighted by atomic mass is 10.2. The maximum Gasteiger partial charge on any atom is 0.335 e. The van der Waals surface area contributed by atoms with Gasteiger partial charge in [0.05, 0.1) is 16.1 Å². The number of rotatable bonds is 5. The lowest BCUT2D eigenvalue weighted by Gasteiger charge is -2.17. The van der Waals surface area contributed by atoms with Gasteiger partial charge in [0.2, 0.25) is 5.91 Å². The quantitative estimate of drug-likeness (QED) is 0.584. The summed E-state index contributed by atoms with van der Waals surface area (Å²) >= 11 is 7.40. The number of hydrogen-bond donors (Lipinski definition) is 1. The van der Waals surface area contributed by atoms with Crippen LogP contribution in [0.1, 0.15) is 28.9 Å². The van der Waals surface area contributed by atoms with E-state index in [0.29, 0.717) is 10.9 Å². The topological polar surface area (TPSA) is 62.5 Å². The number of fused-ring (bicyclic) bond motifs is 1. The van der Waals surface area contributed by atoms with Gasteiger partial charge in [0.15, 0.2) is 5.82 Å². The van der Waals surface area contributed by atoms with Crippen molar-refractivity contribution in [2.75, 3.05) is 13.1 Å². The molecule has 0 aliphatic carbocycles. The highest BCUT2D eigenvalue weighted by atomic mass is 35.5. The van der Waals surface area contributed by atoms with Crippen molar-refractivity contribution in [2.45, 2.75) is 36.1 Å². The zero-order valence-electron chi connectivity index (χ0n) is 16.3. The summed E-state index contributed by atoms with van der Waals surface area (Å²) in [5.41, 5.74) is 1.22. The Hall–Kier alpha value is -2.51. The molecule has 0 spiro atoms. The minimum absolute atomic E-state index is 0.000652. The molecule has 1 N–H and O–H groups in total. The van der Waals surface area contributed by atoms with E-state index in [-0.39, 0.29) is 23.0 Å². The maximum atomic E-state index is 15.0. The molecule has 5 nitrogen and oxygen atoms in total. The third-order valence-electron chi connectivity index (χ3n) is 5.37. The monoisotopic (exact) mass is 446 g/mol. The normalized spacial score (nSPS) is 13.9. The second-order valence-corrected chi connectivity index (χ2v) is 8.77. The first-order chi connectivity index (χ1) is 14.4. The number of likely N-dealkylation sites (tertiary alicyclic amines) is 1. The van der Waals surface area contributed by atoms with E-state index in [1.807, 2.05) is 6.92 Å². The molecule has 1 aliphatic heterocycles. The number of carboxylic acid groups (broad SMARTS) is 1. The van der Waals surface area contributed by atoms with Gasteiger partial charge >= 0.3 is 5.97 Å². The summed E-state index contributed by atoms with van der Waals surface area (Å²) in [6.07, 6.45) is 1.97. The highest BCUT2D eigenvalue weighted by Crippen LogP contribution is 2.40. The summed E-state index contributed by atoms with van der Waals surface area (Å²) in [6.45, 7) is 3.33. The summed E-state index contributed by atoms with van der Waals surface area (Å²) in [6, 6.07) is 9.83. The van der Waals surface area contributed by atoms with E-state index in [4.69, 9.17) is 11.6 Å². The number of amides is 1. The van der Waals surface area contributed by atoms with Gasteiger partial charge in [0.1, 0.15) is 6.54 Å². The van der Waals surface area contributed by atoms with Crippen LogP contribution in [-0.2, 0) is 11.3 Å². The first kappa shape index (κ1) is 20.8. The second-order valence-electron chi connectivity index (χ2n) is 7.28. The molecule has 1 aromatic heterocycles. The van der Waals surface area contributed by atoms with Crippen LogP contribution in [0, 0.1) is 12.7 Å². The Kier molecular flexibility index (Phi) is 5.75. The molecule has 1 amide bonds. The number of carbonyl (C=O) groups is 2. The number of carbonyl (C=O) groups excluding carboxylic acids is 1. The Labute approximate surface area is 182 Å². The summed E-state index contributed by atoms with van der Waals surface area (Å²) in [7, 11) is 0. The van der Waals surface area contributed by atoms with Crippen molar-refractivity contribution >= 4 is 46.1 Å². The largest absolute Gasteiger partial charge is 0.478 e. The van der Waals surface area contributed by atoms with Crippen LogP contribution in [0.2, 0.25) is 5.02 Å². The molecule has 0 radical (unpaired) electrons. The first-order valence-electron chi connectivity index (χ1n) is 9.62. The second kappa shape index (κ2) is 8.32. The van der Waals surface area contributed by atoms with Gasteiger partial charge in [0, 0.05) is 34.0 Å². The molecule has 4 rings (SSSR count). The van der Waals surface area contributed by atoms with E-state index in [2.05, 4.69) is 0 Å². The lowest BCUT2D eigenvalue weighted by Crippen LogP contribution is -2.31. The fourth-order valence-electron chi connectivity index (χ4n) is 3.81. The van der Waals surface area contributed by atoms with Crippen LogP contribution in [0.15, 0.2) is 46.2 Å². The molecule has 8 heteroatoms. The summed E-state index contributed by atoms with van der Waals surface area (Å²) < 4.78 is 16.7. The van der Waals surface area contributed by atoms with Crippen LogP contribution < -0.4 is 0 Å². The fourth-order valence-corrected chi connectivity index (χ4v) is 5.06. The van der Waals surface area contributed by atoms with Gasteiger partial charge in [-0.2, -0.15) is 0 Å². The van der Waals surface area contributed by atoms with Crippen molar-refractivity contribution in [3.05, 3.63) is 58.5 Å². The molecule has 0 saturated carbocycles. The van der Waals surface area contributed by atoms with Crippen LogP contribution in [0.3, 0.4) is 0 Å². The minimum atomic E-state index is -1.01. The molecule has 0 unspecified atom stereocenters.